The first-order valence-electron chi connectivity index (χ1n) is 8.10. The highest BCUT2D eigenvalue weighted by Gasteiger charge is 2.20. The molecule has 2 aromatic rings. The lowest BCUT2D eigenvalue weighted by Gasteiger charge is -2.33. The number of aromatic nitrogens is 1. The number of para-hydroxylation sites is 1. The van der Waals surface area contributed by atoms with Crippen LogP contribution in [-0.4, -0.2) is 25.1 Å². The van der Waals surface area contributed by atoms with Crippen LogP contribution in [0.1, 0.15) is 31.7 Å². The summed E-state index contributed by atoms with van der Waals surface area (Å²) >= 11 is 0. The normalized spacial score (nSPS) is 19.1. The molecule has 21 heavy (non-hydrogen) atoms. The highest BCUT2D eigenvalue weighted by molar-refractivity contribution is 5.84. The Morgan fingerprint density at radius 3 is 3.00 bits per heavy atom. The fraction of sp³-hybridized carbons (Fsp3) is 0.500. The number of hydrogen-bond acceptors (Lipinski definition) is 3. The molecule has 1 saturated heterocycles. The van der Waals surface area contributed by atoms with E-state index in [1.807, 2.05) is 7.05 Å². The summed E-state index contributed by atoms with van der Waals surface area (Å²) in [5.74, 6) is 1.97. The summed E-state index contributed by atoms with van der Waals surface area (Å²) in [5.41, 5.74) is 2.45. The second kappa shape index (κ2) is 6.44. The van der Waals surface area contributed by atoms with Crippen LogP contribution in [0.5, 0.6) is 0 Å². The Labute approximate surface area is 127 Å². The smallest absolute Gasteiger partial charge is 0.129 e. The minimum atomic E-state index is 0.819. The number of hydrogen-bond donors (Lipinski definition) is 1. The van der Waals surface area contributed by atoms with E-state index < -0.39 is 0 Å². The Kier molecular flexibility index (Phi) is 4.39. The summed E-state index contributed by atoms with van der Waals surface area (Å²) < 4.78 is 0. The Morgan fingerprint density at radius 2 is 2.19 bits per heavy atom. The average Bonchev–Trinajstić information content (AvgIpc) is 2.55. The molecule has 1 N–H and O–H groups in total. The molecule has 1 aliphatic heterocycles. The van der Waals surface area contributed by atoms with Gasteiger partial charge in [-0.1, -0.05) is 31.5 Å². The maximum atomic E-state index is 4.91. The highest BCUT2D eigenvalue weighted by Crippen LogP contribution is 2.27. The summed E-state index contributed by atoms with van der Waals surface area (Å²) in [6.07, 6.45) is 3.92. The van der Waals surface area contributed by atoms with Crippen molar-refractivity contribution in [2.75, 3.05) is 25.0 Å². The molecule has 0 amide bonds. The lowest BCUT2D eigenvalue weighted by molar-refractivity contribution is 0.403. The van der Waals surface area contributed by atoms with Crippen molar-refractivity contribution in [1.82, 2.24) is 10.3 Å². The van der Waals surface area contributed by atoms with Crippen molar-refractivity contribution in [2.45, 2.75) is 32.7 Å². The van der Waals surface area contributed by atoms with Crippen LogP contribution in [0.4, 0.5) is 5.82 Å². The lowest BCUT2D eigenvalue weighted by atomic mass is 9.95. The molecule has 0 radical (unpaired) electrons. The van der Waals surface area contributed by atoms with E-state index in [1.54, 1.807) is 0 Å². The van der Waals surface area contributed by atoms with E-state index in [0.29, 0.717) is 0 Å². The van der Waals surface area contributed by atoms with Crippen LogP contribution in [0, 0.1) is 5.92 Å². The van der Waals surface area contributed by atoms with Crippen LogP contribution in [0.15, 0.2) is 30.3 Å². The zero-order valence-corrected chi connectivity index (χ0v) is 13.1. The summed E-state index contributed by atoms with van der Waals surface area (Å²) in [5, 5.41) is 4.54. The standard InChI is InChI=1S/C18H25N3/c1-3-14-7-6-10-21(13-14)18-11-15(12-19-2)16-8-4-5-9-17(16)20-18/h4-5,8-9,11,14,19H,3,6-7,10,12-13H2,1-2H3. The van der Waals surface area contributed by atoms with Crippen molar-refractivity contribution in [3.8, 4) is 0 Å². The maximum absolute atomic E-state index is 4.91. The third-order valence-corrected chi connectivity index (χ3v) is 4.58. The number of nitrogens with zero attached hydrogens (tertiary/aromatic N) is 2. The van der Waals surface area contributed by atoms with Gasteiger partial charge in [-0.2, -0.15) is 0 Å². The molecule has 1 atom stereocenters. The number of rotatable bonds is 4. The van der Waals surface area contributed by atoms with E-state index in [9.17, 15) is 0 Å². The van der Waals surface area contributed by atoms with Crippen molar-refractivity contribution < 1.29 is 0 Å². The van der Waals surface area contributed by atoms with Gasteiger partial charge in [-0.15, -0.1) is 0 Å². The number of pyridine rings is 1. The van der Waals surface area contributed by atoms with Crippen LogP contribution in [0.3, 0.4) is 0 Å². The van der Waals surface area contributed by atoms with Crippen molar-refractivity contribution in [1.29, 1.82) is 0 Å². The molecular weight excluding hydrogens is 258 g/mol. The second-order valence-electron chi connectivity index (χ2n) is 6.05. The molecule has 1 fully saturated rings. The molecule has 1 aromatic heterocycles. The van der Waals surface area contributed by atoms with Crippen LogP contribution in [0.2, 0.25) is 0 Å². The Morgan fingerprint density at radius 1 is 1.33 bits per heavy atom. The lowest BCUT2D eigenvalue weighted by Crippen LogP contribution is -2.35. The highest BCUT2D eigenvalue weighted by atomic mass is 15.2. The predicted octanol–water partition coefficient (Wildman–Crippen LogP) is 3.58. The molecular formula is C18H25N3. The van der Waals surface area contributed by atoms with Gasteiger partial charge >= 0.3 is 0 Å². The zero-order valence-electron chi connectivity index (χ0n) is 13.1. The number of nitrogens with one attached hydrogen (secondary N) is 1. The molecule has 3 nitrogen and oxygen atoms in total. The van der Waals surface area contributed by atoms with Gasteiger partial charge in [-0.05, 0) is 43.5 Å². The molecule has 1 unspecified atom stereocenters. The number of fused-ring (bicyclic) bond motifs is 1. The molecule has 1 aromatic carbocycles. The molecule has 112 valence electrons. The van der Waals surface area contributed by atoms with Crippen molar-refractivity contribution in [2.24, 2.45) is 5.92 Å². The third-order valence-electron chi connectivity index (χ3n) is 4.58. The van der Waals surface area contributed by atoms with E-state index in [-0.39, 0.29) is 0 Å². The SMILES string of the molecule is CCC1CCCN(c2cc(CNC)c3ccccc3n2)C1. The monoisotopic (exact) mass is 283 g/mol. The van der Waals surface area contributed by atoms with Gasteiger partial charge in [-0.25, -0.2) is 4.98 Å². The first-order chi connectivity index (χ1) is 10.3. The average molecular weight is 283 g/mol. The molecule has 0 aliphatic carbocycles. The molecule has 0 spiro atoms. The fourth-order valence-electron chi connectivity index (χ4n) is 3.34. The molecule has 3 heteroatoms. The Bertz CT molecular complexity index is 608. The van der Waals surface area contributed by atoms with Crippen molar-refractivity contribution in [3.05, 3.63) is 35.9 Å². The molecule has 3 rings (SSSR count). The summed E-state index contributed by atoms with van der Waals surface area (Å²) in [4.78, 5) is 7.38. The second-order valence-corrected chi connectivity index (χ2v) is 6.05. The molecule has 0 saturated carbocycles. The van der Waals surface area contributed by atoms with E-state index >= 15 is 0 Å². The number of anilines is 1. The Balaban J connectivity index is 1.98. The van der Waals surface area contributed by atoms with Gasteiger partial charge in [0.25, 0.3) is 0 Å². The van der Waals surface area contributed by atoms with Gasteiger partial charge < -0.3 is 10.2 Å². The first kappa shape index (κ1) is 14.3. The Hall–Kier alpha value is -1.61. The van der Waals surface area contributed by atoms with Crippen molar-refractivity contribution >= 4 is 16.7 Å². The topological polar surface area (TPSA) is 28.2 Å². The largest absolute Gasteiger partial charge is 0.356 e. The van der Waals surface area contributed by atoms with E-state index in [1.165, 1.54) is 30.2 Å². The van der Waals surface area contributed by atoms with Crippen LogP contribution >= 0.6 is 0 Å². The van der Waals surface area contributed by atoms with Crippen LogP contribution in [-0.2, 0) is 6.54 Å². The van der Waals surface area contributed by atoms with Gasteiger partial charge in [0.2, 0.25) is 0 Å². The van der Waals surface area contributed by atoms with Gasteiger partial charge in [-0.3, -0.25) is 0 Å². The van der Waals surface area contributed by atoms with Gasteiger partial charge in [0, 0.05) is 25.0 Å². The third kappa shape index (κ3) is 3.03. The van der Waals surface area contributed by atoms with Crippen LogP contribution in [0.25, 0.3) is 10.9 Å². The maximum Gasteiger partial charge on any atom is 0.129 e. The zero-order chi connectivity index (χ0) is 14.7. The number of benzene rings is 1. The molecule has 1 aliphatic rings. The van der Waals surface area contributed by atoms with Gasteiger partial charge in [0.05, 0.1) is 5.52 Å². The molecule has 2 heterocycles. The van der Waals surface area contributed by atoms with Crippen molar-refractivity contribution in [3.63, 3.8) is 0 Å². The quantitative estimate of drug-likeness (QED) is 0.929. The first-order valence-corrected chi connectivity index (χ1v) is 8.10. The van der Waals surface area contributed by atoms with Crippen LogP contribution < -0.4 is 10.2 Å². The predicted molar refractivity (Wildman–Crippen MR) is 89.7 cm³/mol. The summed E-state index contributed by atoms with van der Waals surface area (Å²) in [6, 6.07) is 10.7. The fourth-order valence-corrected chi connectivity index (χ4v) is 3.34. The minimum absolute atomic E-state index is 0.819. The summed E-state index contributed by atoms with van der Waals surface area (Å²) in [7, 11) is 2.00. The molecule has 0 bridgehead atoms. The summed E-state index contributed by atoms with van der Waals surface area (Å²) in [6.45, 7) is 5.48. The van der Waals surface area contributed by atoms with E-state index in [0.717, 1.165) is 36.9 Å². The minimum Gasteiger partial charge on any atom is -0.356 e. The van der Waals surface area contributed by atoms with E-state index in [4.69, 9.17) is 4.98 Å². The van der Waals surface area contributed by atoms with Gasteiger partial charge in [0.1, 0.15) is 5.82 Å². The van der Waals surface area contributed by atoms with E-state index in [2.05, 4.69) is 47.5 Å². The van der Waals surface area contributed by atoms with Gasteiger partial charge in [0.15, 0.2) is 0 Å². The number of piperidine rings is 1.